The van der Waals surface area contributed by atoms with Crippen molar-refractivity contribution in [3.63, 3.8) is 0 Å². The van der Waals surface area contributed by atoms with Crippen molar-refractivity contribution < 1.29 is 21.6 Å². The van der Waals surface area contributed by atoms with Gasteiger partial charge in [-0.3, -0.25) is 4.99 Å². The zero-order chi connectivity index (χ0) is 20.1. The summed E-state index contributed by atoms with van der Waals surface area (Å²) in [6, 6.07) is 2.04. The van der Waals surface area contributed by atoms with Crippen LogP contribution in [0.15, 0.2) is 21.8 Å². The number of halogens is 4. The van der Waals surface area contributed by atoms with E-state index in [1.165, 1.54) is 5.56 Å². The van der Waals surface area contributed by atoms with Crippen LogP contribution >= 0.6 is 35.3 Å². The highest BCUT2D eigenvalue weighted by Crippen LogP contribution is 2.30. The van der Waals surface area contributed by atoms with Gasteiger partial charge in [0.05, 0.1) is 0 Å². The van der Waals surface area contributed by atoms with Crippen molar-refractivity contribution >= 4 is 51.3 Å². The largest absolute Gasteiger partial charge is 0.511 e. The maximum absolute atomic E-state index is 12.6. The van der Waals surface area contributed by atoms with E-state index >= 15 is 0 Å². The van der Waals surface area contributed by atoms with Gasteiger partial charge < -0.3 is 10.2 Å². The number of alkyl halides is 3. The maximum atomic E-state index is 12.6. The Morgan fingerprint density at radius 3 is 2.54 bits per heavy atom. The fourth-order valence-corrected chi connectivity index (χ4v) is 4.54. The van der Waals surface area contributed by atoms with Crippen LogP contribution in [0.5, 0.6) is 0 Å². The summed E-state index contributed by atoms with van der Waals surface area (Å²) in [5.41, 5.74) is -4.06. The monoisotopic (exact) mass is 554 g/mol. The Kier molecular flexibility index (Phi) is 9.97. The highest BCUT2D eigenvalue weighted by Gasteiger charge is 2.50. The number of hydrogen-bond acceptors (Lipinski definition) is 4. The van der Waals surface area contributed by atoms with Crippen LogP contribution in [0.3, 0.4) is 0 Å². The topological polar surface area (TPSA) is 65.0 Å². The lowest BCUT2D eigenvalue weighted by atomic mass is 9.98. The van der Waals surface area contributed by atoms with Gasteiger partial charge in [0.2, 0.25) is 0 Å². The quantitative estimate of drug-likeness (QED) is 0.333. The van der Waals surface area contributed by atoms with E-state index in [1.807, 2.05) is 30.3 Å². The molecule has 0 unspecified atom stereocenters. The molecule has 28 heavy (non-hydrogen) atoms. The molecular weight excluding hydrogens is 528 g/mol. The molecule has 1 aromatic rings. The average molecular weight is 554 g/mol. The fourth-order valence-electron chi connectivity index (χ4n) is 2.90. The molecule has 1 saturated heterocycles. The number of aliphatic imine (C=N–C) groups is 1. The van der Waals surface area contributed by atoms with Crippen LogP contribution in [0, 0.1) is 5.92 Å². The zero-order valence-corrected chi connectivity index (χ0v) is 19.7. The molecule has 1 aliphatic heterocycles. The van der Waals surface area contributed by atoms with Crippen LogP contribution in [0.25, 0.3) is 0 Å². The Balaban J connectivity index is 0.00000392. The lowest BCUT2D eigenvalue weighted by Gasteiger charge is -2.31. The first-order valence-corrected chi connectivity index (χ1v) is 11.1. The number of nitrogens with one attached hydrogen (secondary N) is 1. The van der Waals surface area contributed by atoms with Gasteiger partial charge >= 0.3 is 15.5 Å². The molecule has 0 saturated carbocycles. The van der Waals surface area contributed by atoms with E-state index in [2.05, 4.69) is 15.7 Å². The van der Waals surface area contributed by atoms with Crippen molar-refractivity contribution in [2.24, 2.45) is 10.9 Å². The lowest BCUT2D eigenvalue weighted by molar-refractivity contribution is -0.0496. The molecule has 0 amide bonds. The summed E-state index contributed by atoms with van der Waals surface area (Å²) < 4.78 is 61.4. The van der Waals surface area contributed by atoms with Crippen LogP contribution in [0.1, 0.15) is 25.3 Å². The Hall–Kier alpha value is -0.600. The summed E-state index contributed by atoms with van der Waals surface area (Å²) in [6.45, 7) is 3.59. The second kappa shape index (κ2) is 11.0. The molecule has 1 aromatic heterocycles. The van der Waals surface area contributed by atoms with Crippen LogP contribution in [0.4, 0.5) is 13.2 Å². The molecule has 1 fully saturated rings. The maximum Gasteiger partial charge on any atom is 0.511 e. The Labute approximate surface area is 185 Å². The Morgan fingerprint density at radius 2 is 2.04 bits per heavy atom. The molecule has 1 N–H and O–H groups in total. The number of hydrogen-bond donors (Lipinski definition) is 1. The van der Waals surface area contributed by atoms with Crippen LogP contribution in [-0.4, -0.2) is 62.3 Å². The number of rotatable bonds is 6. The summed E-state index contributed by atoms with van der Waals surface area (Å²) in [5, 5.41) is 7.29. The lowest BCUT2D eigenvalue weighted by Crippen LogP contribution is -2.45. The van der Waals surface area contributed by atoms with Crippen LogP contribution in [0.2, 0.25) is 0 Å². The number of thiophene rings is 1. The molecule has 12 heteroatoms. The molecule has 0 radical (unpaired) electrons. The van der Waals surface area contributed by atoms with Crippen molar-refractivity contribution in [1.29, 1.82) is 0 Å². The van der Waals surface area contributed by atoms with Gasteiger partial charge in [0, 0.05) is 39.8 Å². The van der Waals surface area contributed by atoms with Crippen molar-refractivity contribution in [2.75, 3.05) is 33.2 Å². The van der Waals surface area contributed by atoms with Gasteiger partial charge in [0.15, 0.2) is 5.96 Å². The second-order valence-corrected chi connectivity index (χ2v) is 9.18. The van der Waals surface area contributed by atoms with Gasteiger partial charge in [-0.1, -0.05) is 0 Å². The third-order valence-corrected chi connectivity index (χ3v) is 6.76. The minimum atomic E-state index is -5.24. The van der Waals surface area contributed by atoms with E-state index < -0.39 is 15.5 Å². The summed E-state index contributed by atoms with van der Waals surface area (Å²) in [7, 11) is -3.30. The van der Waals surface area contributed by atoms with Gasteiger partial charge in [-0.05, 0) is 48.1 Å². The van der Waals surface area contributed by atoms with Crippen LogP contribution < -0.4 is 5.32 Å². The SMILES string of the molecule is CCNC(=NCC1CCN(S(=O)(=O)C(F)(F)F)CC1)N(C)Cc1ccsc1.I. The molecule has 0 atom stereocenters. The predicted molar refractivity (Wildman–Crippen MR) is 116 cm³/mol. The van der Waals surface area contributed by atoms with E-state index in [9.17, 15) is 21.6 Å². The average Bonchev–Trinajstić information content (AvgIpc) is 3.11. The highest BCUT2D eigenvalue weighted by molar-refractivity contribution is 14.0. The summed E-state index contributed by atoms with van der Waals surface area (Å²) in [5.74, 6) is 0.793. The standard InChI is InChI=1S/C16H25F3N4O2S2.HI/c1-3-20-15(22(2)11-14-6-9-26-12-14)21-10-13-4-7-23(8-5-13)27(24,25)16(17,18)19;/h6,9,12-13H,3-5,7-8,10-11H2,1-2H3,(H,20,21);1H. The first-order chi connectivity index (χ1) is 12.6. The molecule has 0 aliphatic carbocycles. The van der Waals surface area contributed by atoms with Crippen molar-refractivity contribution in [2.45, 2.75) is 31.8 Å². The van der Waals surface area contributed by atoms with Gasteiger partial charge in [0.25, 0.3) is 0 Å². The van der Waals surface area contributed by atoms with Gasteiger partial charge in [0.1, 0.15) is 0 Å². The van der Waals surface area contributed by atoms with Gasteiger partial charge in [-0.15, -0.1) is 24.0 Å². The summed E-state index contributed by atoms with van der Waals surface area (Å²) in [4.78, 5) is 6.59. The molecule has 0 bridgehead atoms. The predicted octanol–water partition coefficient (Wildman–Crippen LogP) is 3.33. The molecule has 0 aromatic carbocycles. The third kappa shape index (κ3) is 6.73. The highest BCUT2D eigenvalue weighted by atomic mass is 127. The van der Waals surface area contributed by atoms with E-state index in [4.69, 9.17) is 0 Å². The fraction of sp³-hybridized carbons (Fsp3) is 0.688. The minimum absolute atomic E-state index is 0. The minimum Gasteiger partial charge on any atom is -0.357 e. The number of sulfonamides is 1. The molecule has 2 rings (SSSR count). The van der Waals surface area contributed by atoms with E-state index in [1.54, 1.807) is 11.3 Å². The van der Waals surface area contributed by atoms with Crippen molar-refractivity contribution in [3.8, 4) is 0 Å². The first-order valence-electron chi connectivity index (χ1n) is 8.72. The first kappa shape index (κ1) is 25.4. The molecular formula is C16H26F3IN4O2S2. The number of nitrogens with zero attached hydrogens (tertiary/aromatic N) is 3. The molecule has 1 aliphatic rings. The van der Waals surface area contributed by atoms with E-state index in [0.29, 0.717) is 36.8 Å². The second-order valence-electron chi connectivity index (χ2n) is 6.48. The van der Waals surface area contributed by atoms with Gasteiger partial charge in [-0.2, -0.15) is 28.8 Å². The Bertz CT molecular complexity index is 719. The molecule has 2 heterocycles. The normalized spacial score (nSPS) is 17.2. The molecule has 0 spiro atoms. The smallest absolute Gasteiger partial charge is 0.357 e. The van der Waals surface area contributed by atoms with Crippen molar-refractivity contribution in [3.05, 3.63) is 22.4 Å². The van der Waals surface area contributed by atoms with E-state index in [0.717, 1.165) is 5.96 Å². The van der Waals surface area contributed by atoms with Gasteiger partial charge in [-0.25, -0.2) is 8.42 Å². The van der Waals surface area contributed by atoms with Crippen molar-refractivity contribution in [1.82, 2.24) is 14.5 Å². The Morgan fingerprint density at radius 1 is 1.39 bits per heavy atom. The summed E-state index contributed by atoms with van der Waals surface area (Å²) >= 11 is 1.63. The molecule has 6 nitrogen and oxygen atoms in total. The number of guanidine groups is 1. The zero-order valence-electron chi connectivity index (χ0n) is 15.8. The number of piperidine rings is 1. The van der Waals surface area contributed by atoms with Crippen LogP contribution in [-0.2, 0) is 16.6 Å². The van der Waals surface area contributed by atoms with E-state index in [-0.39, 0.29) is 43.0 Å². The third-order valence-electron chi connectivity index (χ3n) is 4.40. The summed E-state index contributed by atoms with van der Waals surface area (Å²) in [6.07, 6.45) is 0.735. The molecule has 162 valence electrons.